The summed E-state index contributed by atoms with van der Waals surface area (Å²) in [5.41, 5.74) is 4.19. The van der Waals surface area contributed by atoms with E-state index < -0.39 is 0 Å². The summed E-state index contributed by atoms with van der Waals surface area (Å²) >= 11 is 0. The van der Waals surface area contributed by atoms with Crippen molar-refractivity contribution in [2.45, 2.75) is 106 Å². The second kappa shape index (κ2) is 8.94. The van der Waals surface area contributed by atoms with Crippen molar-refractivity contribution in [3.05, 3.63) is 23.3 Å². The van der Waals surface area contributed by atoms with E-state index in [2.05, 4.69) is 53.7 Å². The summed E-state index contributed by atoms with van der Waals surface area (Å²) in [6, 6.07) is 0. The lowest BCUT2D eigenvalue weighted by molar-refractivity contribution is 0.517. The fourth-order valence-corrected chi connectivity index (χ4v) is 3.53. The molecule has 0 aromatic carbocycles. The lowest BCUT2D eigenvalue weighted by atomic mass is 9.87. The zero-order valence-corrected chi connectivity index (χ0v) is 16.2. The molecule has 0 aromatic rings. The topological polar surface area (TPSA) is 0 Å². The number of allylic oxidation sites excluding steroid dienone is 4. The maximum Gasteiger partial charge on any atom is -0.0200 e. The summed E-state index contributed by atoms with van der Waals surface area (Å²) in [5.74, 6) is 0. The van der Waals surface area contributed by atoms with E-state index in [1.807, 2.05) is 0 Å². The van der Waals surface area contributed by atoms with E-state index in [0.29, 0.717) is 10.8 Å². The predicted molar refractivity (Wildman–Crippen MR) is 101 cm³/mol. The van der Waals surface area contributed by atoms with Crippen LogP contribution in [-0.2, 0) is 0 Å². The average molecular weight is 305 g/mol. The highest BCUT2D eigenvalue weighted by molar-refractivity contribution is 5.09. The van der Waals surface area contributed by atoms with Crippen molar-refractivity contribution in [3.63, 3.8) is 0 Å². The third-order valence-electron chi connectivity index (χ3n) is 4.27. The van der Waals surface area contributed by atoms with Crippen LogP contribution < -0.4 is 0 Å². The Morgan fingerprint density at radius 1 is 0.500 bits per heavy atom. The van der Waals surface area contributed by atoms with E-state index in [9.17, 15) is 0 Å². The van der Waals surface area contributed by atoms with Gasteiger partial charge in [-0.3, -0.25) is 0 Å². The highest BCUT2D eigenvalue weighted by Crippen LogP contribution is 2.28. The van der Waals surface area contributed by atoms with Gasteiger partial charge in [0.05, 0.1) is 0 Å². The first kappa shape index (κ1) is 19.5. The molecule has 0 heteroatoms. The molecule has 0 atom stereocenters. The summed E-state index contributed by atoms with van der Waals surface area (Å²) in [7, 11) is 0. The number of rotatable bonds is 0. The van der Waals surface area contributed by atoms with Gasteiger partial charge < -0.3 is 0 Å². The Morgan fingerprint density at radius 2 is 0.773 bits per heavy atom. The largest absolute Gasteiger partial charge is 0.0799 e. The molecule has 0 amide bonds. The van der Waals surface area contributed by atoms with Crippen molar-refractivity contribution in [2.24, 2.45) is 10.8 Å². The van der Waals surface area contributed by atoms with E-state index in [1.165, 1.54) is 64.2 Å². The standard InChI is InChI=1S/2C11H20/c2*1-11(2,3)9-10-7-5-4-6-8-10/h2*9H,4-8H2,1-3H3. The van der Waals surface area contributed by atoms with Crippen LogP contribution in [0.4, 0.5) is 0 Å². The molecule has 2 fully saturated rings. The molecule has 0 nitrogen and oxygen atoms in total. The van der Waals surface area contributed by atoms with Crippen LogP contribution in [-0.4, -0.2) is 0 Å². The van der Waals surface area contributed by atoms with Crippen LogP contribution in [0.2, 0.25) is 0 Å². The molecule has 0 heterocycles. The first-order chi connectivity index (χ1) is 10.2. The normalized spacial score (nSPS) is 20.1. The monoisotopic (exact) mass is 304 g/mol. The third kappa shape index (κ3) is 10.2. The molecule has 0 saturated heterocycles. The molecule has 0 aromatic heterocycles. The van der Waals surface area contributed by atoms with Crippen molar-refractivity contribution in [1.82, 2.24) is 0 Å². The van der Waals surface area contributed by atoms with Crippen molar-refractivity contribution in [2.75, 3.05) is 0 Å². The number of hydrogen-bond donors (Lipinski definition) is 0. The van der Waals surface area contributed by atoms with E-state index in [0.717, 1.165) is 0 Å². The van der Waals surface area contributed by atoms with Crippen LogP contribution in [0, 0.1) is 10.8 Å². The Morgan fingerprint density at radius 3 is 1.00 bits per heavy atom. The molecule has 0 unspecified atom stereocenters. The molecule has 0 spiro atoms. The summed E-state index contributed by atoms with van der Waals surface area (Å²) in [5, 5.41) is 0. The van der Waals surface area contributed by atoms with Gasteiger partial charge in [0, 0.05) is 0 Å². The van der Waals surface area contributed by atoms with Crippen molar-refractivity contribution < 1.29 is 0 Å². The van der Waals surface area contributed by atoms with Crippen LogP contribution in [0.3, 0.4) is 0 Å². The van der Waals surface area contributed by atoms with Crippen molar-refractivity contribution in [3.8, 4) is 0 Å². The lowest BCUT2D eigenvalue weighted by Gasteiger charge is -2.19. The van der Waals surface area contributed by atoms with Gasteiger partial charge in [0.2, 0.25) is 0 Å². The molecule has 128 valence electrons. The van der Waals surface area contributed by atoms with Gasteiger partial charge in [-0.1, -0.05) is 77.7 Å². The van der Waals surface area contributed by atoms with E-state index in [1.54, 1.807) is 11.1 Å². The fraction of sp³-hybridized carbons (Fsp3) is 0.818. The third-order valence-corrected chi connectivity index (χ3v) is 4.27. The highest BCUT2D eigenvalue weighted by atomic mass is 14.2. The average Bonchev–Trinajstić information content (AvgIpc) is 2.38. The smallest absolute Gasteiger partial charge is 0.0200 e. The van der Waals surface area contributed by atoms with Gasteiger partial charge in [0.25, 0.3) is 0 Å². The minimum absolute atomic E-state index is 0.396. The second-order valence-corrected chi connectivity index (χ2v) is 9.46. The van der Waals surface area contributed by atoms with Crippen LogP contribution in [0.15, 0.2) is 23.3 Å². The molecular weight excluding hydrogens is 264 g/mol. The quantitative estimate of drug-likeness (QED) is 0.400. The first-order valence-electron chi connectivity index (χ1n) is 9.57. The summed E-state index contributed by atoms with van der Waals surface area (Å²) in [6.07, 6.45) is 18.9. The predicted octanol–water partition coefficient (Wildman–Crippen LogP) is 7.85. The molecule has 0 bridgehead atoms. The maximum atomic E-state index is 2.46. The first-order valence-corrected chi connectivity index (χ1v) is 9.57. The van der Waals surface area contributed by atoms with Gasteiger partial charge in [-0.05, 0) is 62.2 Å². The van der Waals surface area contributed by atoms with Crippen LogP contribution >= 0.6 is 0 Å². The summed E-state index contributed by atoms with van der Waals surface area (Å²) < 4.78 is 0. The lowest BCUT2D eigenvalue weighted by Crippen LogP contribution is -2.03. The maximum absolute atomic E-state index is 2.46. The molecule has 0 radical (unpaired) electrons. The highest BCUT2D eigenvalue weighted by Gasteiger charge is 2.11. The van der Waals surface area contributed by atoms with Crippen LogP contribution in [0.1, 0.15) is 106 Å². The summed E-state index contributed by atoms with van der Waals surface area (Å²) in [6.45, 7) is 13.7. The molecule has 0 aliphatic heterocycles. The SMILES string of the molecule is CC(C)(C)C=C1CCCCC1.CC(C)(C)C=C1CCCCC1. The molecule has 2 rings (SSSR count). The van der Waals surface area contributed by atoms with Gasteiger partial charge in [0.15, 0.2) is 0 Å². The molecule has 22 heavy (non-hydrogen) atoms. The van der Waals surface area contributed by atoms with Crippen LogP contribution in [0.25, 0.3) is 0 Å². The Kier molecular flexibility index (Phi) is 7.94. The van der Waals surface area contributed by atoms with Gasteiger partial charge >= 0.3 is 0 Å². The minimum Gasteiger partial charge on any atom is -0.0799 e. The molecule has 0 N–H and O–H groups in total. The minimum atomic E-state index is 0.396. The van der Waals surface area contributed by atoms with Gasteiger partial charge in [-0.15, -0.1) is 0 Å². The van der Waals surface area contributed by atoms with E-state index in [4.69, 9.17) is 0 Å². The molecular formula is C22H40. The molecule has 2 saturated carbocycles. The Bertz CT molecular complexity index is 314. The van der Waals surface area contributed by atoms with Crippen LogP contribution in [0.5, 0.6) is 0 Å². The summed E-state index contributed by atoms with van der Waals surface area (Å²) in [4.78, 5) is 0. The Labute approximate surface area is 140 Å². The second-order valence-electron chi connectivity index (χ2n) is 9.46. The van der Waals surface area contributed by atoms with Gasteiger partial charge in [0.1, 0.15) is 0 Å². The van der Waals surface area contributed by atoms with E-state index >= 15 is 0 Å². The molecule has 2 aliphatic rings. The van der Waals surface area contributed by atoms with Gasteiger partial charge in [-0.25, -0.2) is 0 Å². The Balaban J connectivity index is 0.000000220. The Hall–Kier alpha value is -0.520. The van der Waals surface area contributed by atoms with E-state index in [-0.39, 0.29) is 0 Å². The number of hydrogen-bond acceptors (Lipinski definition) is 0. The van der Waals surface area contributed by atoms with Gasteiger partial charge in [-0.2, -0.15) is 0 Å². The zero-order valence-electron chi connectivity index (χ0n) is 16.2. The van der Waals surface area contributed by atoms with Crippen molar-refractivity contribution in [1.29, 1.82) is 0 Å². The van der Waals surface area contributed by atoms with Crippen molar-refractivity contribution >= 4 is 0 Å². The fourth-order valence-electron chi connectivity index (χ4n) is 3.53. The molecule has 2 aliphatic carbocycles. The zero-order chi connectivity index (χ0) is 16.6.